The van der Waals surface area contributed by atoms with Crippen molar-refractivity contribution in [3.05, 3.63) is 135 Å². The third-order valence-electron chi connectivity index (χ3n) is 5.72. The summed E-state index contributed by atoms with van der Waals surface area (Å²) in [4.78, 5) is 0. The molecule has 1 radical (unpaired) electrons. The summed E-state index contributed by atoms with van der Waals surface area (Å²) in [6.45, 7) is 0. The Labute approximate surface area is 181 Å². The van der Waals surface area contributed by atoms with Gasteiger partial charge >= 0.3 is 0 Å². The molecule has 4 aromatic rings. The first kappa shape index (κ1) is 18.5. The van der Waals surface area contributed by atoms with Crippen LogP contribution < -0.4 is 0 Å². The van der Waals surface area contributed by atoms with Crippen molar-refractivity contribution >= 4 is 23.2 Å². The molecule has 4 aromatic carbocycles. The zero-order valence-electron chi connectivity index (χ0n) is 15.8. The van der Waals surface area contributed by atoms with Gasteiger partial charge in [0, 0.05) is 21.9 Å². The molecule has 1 unspecified atom stereocenters. The molecule has 0 nitrogen and oxygen atoms in total. The number of hydrogen-bond donors (Lipinski definition) is 0. The summed E-state index contributed by atoms with van der Waals surface area (Å²) in [5, 5.41) is 1.40. The van der Waals surface area contributed by atoms with E-state index in [-0.39, 0.29) is 5.92 Å². The molecule has 1 aliphatic carbocycles. The molecular formula is C27H19Cl2. The van der Waals surface area contributed by atoms with Crippen molar-refractivity contribution in [2.75, 3.05) is 0 Å². The fraction of sp³-hybridized carbons (Fsp3) is 0.0741. The second-order valence-corrected chi connectivity index (χ2v) is 8.28. The topological polar surface area (TPSA) is 0 Å². The van der Waals surface area contributed by atoms with Crippen molar-refractivity contribution in [3.8, 4) is 11.1 Å². The lowest BCUT2D eigenvalue weighted by Crippen LogP contribution is -2.09. The first-order chi connectivity index (χ1) is 14.2. The van der Waals surface area contributed by atoms with Crippen molar-refractivity contribution in [3.63, 3.8) is 0 Å². The van der Waals surface area contributed by atoms with E-state index in [0.717, 1.165) is 17.0 Å². The lowest BCUT2D eigenvalue weighted by Gasteiger charge is -2.22. The smallest absolute Gasteiger partial charge is 0.0456 e. The van der Waals surface area contributed by atoms with Crippen molar-refractivity contribution in [1.82, 2.24) is 0 Å². The van der Waals surface area contributed by atoms with Gasteiger partial charge in [-0.1, -0.05) is 108 Å². The van der Waals surface area contributed by atoms with Gasteiger partial charge < -0.3 is 0 Å². The molecule has 2 heteroatoms. The Balaban J connectivity index is 1.58. The normalized spacial score (nSPS) is 16.0. The third-order valence-corrected chi connectivity index (χ3v) is 6.28. The van der Waals surface area contributed by atoms with E-state index >= 15 is 0 Å². The molecule has 0 bridgehead atoms. The molecule has 0 spiro atoms. The monoisotopic (exact) mass is 413 g/mol. The molecule has 1 atom stereocenters. The van der Waals surface area contributed by atoms with E-state index in [0.29, 0.717) is 5.02 Å². The number of fused-ring (bicyclic) bond motifs is 1. The van der Waals surface area contributed by atoms with E-state index in [4.69, 9.17) is 23.2 Å². The highest BCUT2D eigenvalue weighted by Gasteiger charge is 2.36. The van der Waals surface area contributed by atoms with Gasteiger partial charge in [-0.05, 0) is 51.9 Å². The molecule has 141 valence electrons. The molecule has 0 saturated carbocycles. The predicted molar refractivity (Wildman–Crippen MR) is 123 cm³/mol. The van der Waals surface area contributed by atoms with Gasteiger partial charge in [0.1, 0.15) is 0 Å². The molecule has 29 heavy (non-hydrogen) atoms. The summed E-state index contributed by atoms with van der Waals surface area (Å²) in [5.41, 5.74) is 7.51. The second-order valence-electron chi connectivity index (χ2n) is 7.44. The highest BCUT2D eigenvalue weighted by atomic mass is 35.5. The van der Waals surface area contributed by atoms with E-state index in [1.165, 1.54) is 33.7 Å². The summed E-state index contributed by atoms with van der Waals surface area (Å²) in [6, 6.07) is 33.9. The molecule has 0 fully saturated rings. The maximum Gasteiger partial charge on any atom is 0.0456 e. The fourth-order valence-electron chi connectivity index (χ4n) is 4.35. The van der Waals surface area contributed by atoms with Crippen molar-refractivity contribution in [1.29, 1.82) is 0 Å². The van der Waals surface area contributed by atoms with Crippen LogP contribution in [0.25, 0.3) is 11.1 Å². The summed E-state index contributed by atoms with van der Waals surface area (Å²) >= 11 is 12.8. The summed E-state index contributed by atoms with van der Waals surface area (Å²) in [7, 11) is 0. The Bertz CT molecular complexity index is 1150. The van der Waals surface area contributed by atoms with Gasteiger partial charge in [0.2, 0.25) is 0 Å². The quantitative estimate of drug-likeness (QED) is 0.319. The van der Waals surface area contributed by atoms with Gasteiger partial charge in [0.05, 0.1) is 0 Å². The van der Waals surface area contributed by atoms with Gasteiger partial charge in [-0.3, -0.25) is 0 Å². The van der Waals surface area contributed by atoms with Gasteiger partial charge in [0.25, 0.3) is 0 Å². The standard InChI is InChI=1S/C27H19Cl2/c28-22-14-15-24(26(29)17-22)25-16-21-8-4-5-9-23(21)27(25)20-12-10-19(11-13-20)18-6-2-1-3-7-18/h1-15,17,25H,16H2. The summed E-state index contributed by atoms with van der Waals surface area (Å²) in [5.74, 6) is 1.56. The van der Waals surface area contributed by atoms with Crippen molar-refractivity contribution in [2.45, 2.75) is 12.3 Å². The van der Waals surface area contributed by atoms with E-state index in [2.05, 4.69) is 78.9 Å². The maximum absolute atomic E-state index is 6.61. The van der Waals surface area contributed by atoms with Crippen LogP contribution in [0.4, 0.5) is 0 Å². The summed E-state index contributed by atoms with van der Waals surface area (Å²) < 4.78 is 0. The Morgan fingerprint density at radius 2 is 1.28 bits per heavy atom. The highest BCUT2D eigenvalue weighted by molar-refractivity contribution is 6.35. The Morgan fingerprint density at radius 3 is 2.03 bits per heavy atom. The predicted octanol–water partition coefficient (Wildman–Crippen LogP) is 7.97. The fourth-order valence-corrected chi connectivity index (χ4v) is 4.89. The number of rotatable bonds is 3. The first-order valence-corrected chi connectivity index (χ1v) is 10.5. The third kappa shape index (κ3) is 3.48. The van der Waals surface area contributed by atoms with Gasteiger partial charge in [-0.15, -0.1) is 0 Å². The number of halogens is 2. The van der Waals surface area contributed by atoms with E-state index in [9.17, 15) is 0 Å². The Morgan fingerprint density at radius 1 is 0.621 bits per heavy atom. The van der Waals surface area contributed by atoms with Gasteiger partial charge in [-0.2, -0.15) is 0 Å². The van der Waals surface area contributed by atoms with Gasteiger partial charge in [-0.25, -0.2) is 0 Å². The van der Waals surface area contributed by atoms with Crippen LogP contribution in [0.2, 0.25) is 10.0 Å². The van der Waals surface area contributed by atoms with E-state index < -0.39 is 0 Å². The minimum atomic E-state index is 0.222. The molecule has 0 aliphatic heterocycles. The SMILES string of the molecule is Clc1ccc(C2Cc3ccccc3[C]2c2ccc(-c3ccccc3)cc2)c(Cl)c1. The van der Waals surface area contributed by atoms with Crippen LogP contribution in [0.15, 0.2) is 97.1 Å². The van der Waals surface area contributed by atoms with Crippen LogP contribution in [0.5, 0.6) is 0 Å². The minimum absolute atomic E-state index is 0.222. The zero-order valence-corrected chi connectivity index (χ0v) is 17.3. The Hall–Kier alpha value is -2.54. The first-order valence-electron chi connectivity index (χ1n) is 9.76. The van der Waals surface area contributed by atoms with Crippen LogP contribution in [-0.4, -0.2) is 0 Å². The molecule has 0 amide bonds. The average molecular weight is 414 g/mol. The molecule has 0 saturated heterocycles. The van der Waals surface area contributed by atoms with Crippen LogP contribution in [-0.2, 0) is 6.42 Å². The van der Waals surface area contributed by atoms with Gasteiger partial charge in [0.15, 0.2) is 0 Å². The van der Waals surface area contributed by atoms with Crippen LogP contribution in [0.1, 0.15) is 28.2 Å². The molecule has 0 aromatic heterocycles. The zero-order chi connectivity index (χ0) is 19.8. The molecule has 1 aliphatic rings. The molecular weight excluding hydrogens is 395 g/mol. The molecule has 0 N–H and O–H groups in total. The Kier molecular flexibility index (Phi) is 4.91. The van der Waals surface area contributed by atoms with Crippen molar-refractivity contribution < 1.29 is 0 Å². The maximum atomic E-state index is 6.61. The van der Waals surface area contributed by atoms with Crippen LogP contribution in [0, 0.1) is 5.92 Å². The van der Waals surface area contributed by atoms with Crippen LogP contribution >= 0.6 is 23.2 Å². The molecule has 5 rings (SSSR count). The minimum Gasteiger partial charge on any atom is -0.0843 e. The van der Waals surface area contributed by atoms with Crippen molar-refractivity contribution in [2.24, 2.45) is 0 Å². The summed E-state index contributed by atoms with van der Waals surface area (Å²) in [6.07, 6.45) is 0.952. The second kappa shape index (κ2) is 7.71. The molecule has 0 heterocycles. The number of hydrogen-bond acceptors (Lipinski definition) is 0. The lowest BCUT2D eigenvalue weighted by atomic mass is 9.81. The van der Waals surface area contributed by atoms with E-state index in [1.54, 1.807) is 0 Å². The lowest BCUT2D eigenvalue weighted by molar-refractivity contribution is 0.792. The highest BCUT2D eigenvalue weighted by Crippen LogP contribution is 2.48. The number of benzene rings is 4. The largest absolute Gasteiger partial charge is 0.0843 e. The van der Waals surface area contributed by atoms with E-state index in [1.807, 2.05) is 18.2 Å². The van der Waals surface area contributed by atoms with Crippen LogP contribution in [0.3, 0.4) is 0 Å². The average Bonchev–Trinajstić information content (AvgIpc) is 3.14.